The molecule has 0 N–H and O–H groups in total. The maximum absolute atomic E-state index is 11.9. The van der Waals surface area contributed by atoms with Crippen LogP contribution in [0.25, 0.3) is 0 Å². The second kappa shape index (κ2) is 5.66. The highest BCUT2D eigenvalue weighted by Crippen LogP contribution is 2.20. The molecule has 108 valence electrons. The van der Waals surface area contributed by atoms with Gasteiger partial charge in [-0.25, -0.2) is 4.79 Å². The zero-order valence-electron chi connectivity index (χ0n) is 12.0. The van der Waals surface area contributed by atoms with Gasteiger partial charge in [-0.1, -0.05) is 11.6 Å². The van der Waals surface area contributed by atoms with Crippen molar-refractivity contribution in [2.75, 3.05) is 6.61 Å². The number of aromatic nitrogens is 4. The number of hydrogen-bond acceptors (Lipinski definition) is 4. The van der Waals surface area contributed by atoms with Gasteiger partial charge < -0.3 is 4.74 Å². The largest absolute Gasteiger partial charge is 0.462 e. The minimum absolute atomic E-state index is 0.332. The van der Waals surface area contributed by atoms with Crippen LogP contribution >= 0.6 is 11.6 Å². The van der Waals surface area contributed by atoms with Gasteiger partial charge in [0.1, 0.15) is 5.56 Å². The number of aryl methyl sites for hydroxylation is 2. The van der Waals surface area contributed by atoms with Gasteiger partial charge >= 0.3 is 5.97 Å². The lowest BCUT2D eigenvalue weighted by Gasteiger charge is -2.08. The zero-order chi connectivity index (χ0) is 14.9. The van der Waals surface area contributed by atoms with Crippen LogP contribution < -0.4 is 0 Å². The van der Waals surface area contributed by atoms with Gasteiger partial charge in [-0.3, -0.25) is 9.36 Å². The van der Waals surface area contributed by atoms with E-state index >= 15 is 0 Å². The van der Waals surface area contributed by atoms with Gasteiger partial charge in [0.2, 0.25) is 0 Å². The van der Waals surface area contributed by atoms with Crippen LogP contribution in [0.2, 0.25) is 5.02 Å². The molecule has 0 aliphatic rings. The minimum Gasteiger partial charge on any atom is -0.462 e. The number of nitrogens with zero attached hydrogens (tertiary/aromatic N) is 4. The summed E-state index contributed by atoms with van der Waals surface area (Å²) >= 11 is 6.13. The molecule has 2 heterocycles. The quantitative estimate of drug-likeness (QED) is 0.811. The summed E-state index contributed by atoms with van der Waals surface area (Å²) in [6.45, 7) is 6.27. The molecule has 2 aromatic rings. The maximum Gasteiger partial charge on any atom is 0.341 e. The fourth-order valence-electron chi connectivity index (χ4n) is 2.00. The first-order valence-electron chi connectivity index (χ1n) is 6.33. The molecule has 0 radical (unpaired) electrons. The molecule has 0 aromatic carbocycles. The van der Waals surface area contributed by atoms with E-state index in [1.807, 2.05) is 13.8 Å². The predicted molar refractivity (Wildman–Crippen MR) is 75.0 cm³/mol. The van der Waals surface area contributed by atoms with Crippen molar-refractivity contribution in [3.63, 3.8) is 0 Å². The van der Waals surface area contributed by atoms with Gasteiger partial charge in [0.15, 0.2) is 0 Å². The monoisotopic (exact) mass is 296 g/mol. The third kappa shape index (κ3) is 2.56. The molecule has 2 rings (SSSR count). The van der Waals surface area contributed by atoms with E-state index in [9.17, 15) is 4.79 Å². The van der Waals surface area contributed by atoms with Crippen LogP contribution in [0.1, 0.15) is 34.4 Å². The van der Waals surface area contributed by atoms with Crippen molar-refractivity contribution in [1.29, 1.82) is 0 Å². The summed E-state index contributed by atoms with van der Waals surface area (Å²) in [5.74, 6) is -0.372. The average Bonchev–Trinajstić information content (AvgIpc) is 2.88. The molecule has 0 saturated heterocycles. The molecule has 7 heteroatoms. The molecule has 0 aliphatic carbocycles. The minimum atomic E-state index is -0.372. The Bertz CT molecular complexity index is 645. The average molecular weight is 297 g/mol. The standard InChI is InChI=1S/C13H17ClN4O2/c1-5-20-13(19)10-6-15-17(4)11(10)7-18-9(3)12(14)8(2)16-18/h6H,5,7H2,1-4H3. The fourth-order valence-corrected chi connectivity index (χ4v) is 2.14. The van der Waals surface area contributed by atoms with E-state index in [-0.39, 0.29) is 5.97 Å². The lowest BCUT2D eigenvalue weighted by molar-refractivity contribution is 0.0524. The van der Waals surface area contributed by atoms with Crippen LogP contribution in [0.3, 0.4) is 0 Å². The van der Waals surface area contributed by atoms with Crippen LogP contribution in [0.15, 0.2) is 6.20 Å². The Morgan fingerprint density at radius 1 is 1.45 bits per heavy atom. The Hall–Kier alpha value is -1.82. The summed E-state index contributed by atoms with van der Waals surface area (Å²) in [6.07, 6.45) is 1.51. The van der Waals surface area contributed by atoms with Crippen LogP contribution in [-0.4, -0.2) is 32.1 Å². The van der Waals surface area contributed by atoms with Crippen molar-refractivity contribution >= 4 is 17.6 Å². The Labute approximate surface area is 122 Å². The summed E-state index contributed by atoms with van der Waals surface area (Å²) in [6, 6.07) is 0. The Morgan fingerprint density at radius 3 is 2.70 bits per heavy atom. The first-order chi connectivity index (χ1) is 9.45. The van der Waals surface area contributed by atoms with Gasteiger partial charge in [-0.05, 0) is 20.8 Å². The second-order valence-electron chi connectivity index (χ2n) is 4.49. The Kier molecular flexibility index (Phi) is 4.13. The molecule has 0 bridgehead atoms. The van der Waals surface area contributed by atoms with E-state index in [1.54, 1.807) is 23.3 Å². The molecular weight excluding hydrogens is 280 g/mol. The molecule has 0 saturated carbocycles. The van der Waals surface area contributed by atoms with Crippen molar-refractivity contribution in [3.05, 3.63) is 33.9 Å². The lowest BCUT2D eigenvalue weighted by atomic mass is 10.2. The van der Waals surface area contributed by atoms with Crippen LogP contribution in [0, 0.1) is 13.8 Å². The highest BCUT2D eigenvalue weighted by Gasteiger charge is 2.19. The van der Waals surface area contributed by atoms with E-state index in [4.69, 9.17) is 16.3 Å². The molecule has 20 heavy (non-hydrogen) atoms. The number of carbonyl (C=O) groups excluding carboxylic acids is 1. The zero-order valence-corrected chi connectivity index (χ0v) is 12.7. The third-order valence-electron chi connectivity index (χ3n) is 3.15. The molecule has 0 fully saturated rings. The van der Waals surface area contributed by atoms with E-state index in [1.165, 1.54) is 6.20 Å². The van der Waals surface area contributed by atoms with Crippen molar-refractivity contribution in [2.45, 2.75) is 27.3 Å². The molecule has 0 spiro atoms. The smallest absolute Gasteiger partial charge is 0.341 e. The summed E-state index contributed by atoms with van der Waals surface area (Å²) in [7, 11) is 1.78. The van der Waals surface area contributed by atoms with Gasteiger partial charge in [0.05, 0.1) is 41.5 Å². The summed E-state index contributed by atoms with van der Waals surface area (Å²) in [5.41, 5.74) is 2.83. The van der Waals surface area contributed by atoms with Crippen molar-refractivity contribution < 1.29 is 9.53 Å². The first-order valence-corrected chi connectivity index (χ1v) is 6.71. The highest BCUT2D eigenvalue weighted by molar-refractivity contribution is 6.31. The molecule has 0 amide bonds. The molecular formula is C13H17ClN4O2. The van der Waals surface area contributed by atoms with Crippen LogP contribution in [0.4, 0.5) is 0 Å². The van der Waals surface area contributed by atoms with E-state index in [0.29, 0.717) is 23.7 Å². The number of hydrogen-bond donors (Lipinski definition) is 0. The molecule has 2 aromatic heterocycles. The lowest BCUT2D eigenvalue weighted by Crippen LogP contribution is -2.14. The van der Waals surface area contributed by atoms with Crippen molar-refractivity contribution in [3.8, 4) is 0 Å². The summed E-state index contributed by atoms with van der Waals surface area (Å²) in [5, 5.41) is 9.12. The number of halogens is 1. The van der Waals surface area contributed by atoms with E-state index < -0.39 is 0 Å². The third-order valence-corrected chi connectivity index (χ3v) is 3.70. The SMILES string of the molecule is CCOC(=O)c1cnn(C)c1Cn1nc(C)c(Cl)c1C. The second-order valence-corrected chi connectivity index (χ2v) is 4.87. The number of carbonyl (C=O) groups is 1. The fraction of sp³-hybridized carbons (Fsp3) is 0.462. The topological polar surface area (TPSA) is 61.9 Å². The van der Waals surface area contributed by atoms with Crippen molar-refractivity contribution in [1.82, 2.24) is 19.6 Å². The normalized spacial score (nSPS) is 10.8. The first kappa shape index (κ1) is 14.6. The van der Waals surface area contributed by atoms with Gasteiger partial charge in [-0.2, -0.15) is 10.2 Å². The van der Waals surface area contributed by atoms with Gasteiger partial charge in [0, 0.05) is 7.05 Å². The number of esters is 1. The Morgan fingerprint density at radius 2 is 2.15 bits per heavy atom. The van der Waals surface area contributed by atoms with Gasteiger partial charge in [-0.15, -0.1) is 0 Å². The number of rotatable bonds is 4. The van der Waals surface area contributed by atoms with Gasteiger partial charge in [0.25, 0.3) is 0 Å². The van der Waals surface area contributed by atoms with E-state index in [0.717, 1.165) is 17.1 Å². The molecule has 0 unspecified atom stereocenters. The predicted octanol–water partition coefficient (Wildman–Crippen LogP) is 2.11. The summed E-state index contributed by atoms with van der Waals surface area (Å²) in [4.78, 5) is 11.9. The number of ether oxygens (including phenoxy) is 1. The summed E-state index contributed by atoms with van der Waals surface area (Å²) < 4.78 is 8.44. The van der Waals surface area contributed by atoms with Crippen LogP contribution in [0.5, 0.6) is 0 Å². The van der Waals surface area contributed by atoms with Crippen molar-refractivity contribution in [2.24, 2.45) is 7.05 Å². The highest BCUT2D eigenvalue weighted by atomic mass is 35.5. The molecule has 6 nitrogen and oxygen atoms in total. The van der Waals surface area contributed by atoms with E-state index in [2.05, 4.69) is 10.2 Å². The molecule has 0 aliphatic heterocycles. The maximum atomic E-state index is 11.9. The Balaban J connectivity index is 2.36. The molecule has 0 atom stereocenters. The van der Waals surface area contributed by atoms with Crippen LogP contribution in [-0.2, 0) is 18.3 Å².